The van der Waals surface area contributed by atoms with Crippen LogP contribution in [0.1, 0.15) is 25.1 Å². The molecule has 1 N–H and O–H groups in total. The summed E-state index contributed by atoms with van der Waals surface area (Å²) in [7, 11) is 0. The van der Waals surface area contributed by atoms with Crippen LogP contribution in [0.5, 0.6) is 0 Å². The topological polar surface area (TPSA) is 41.1 Å². The molecule has 2 rings (SSSR count). The number of halogens is 1. The summed E-state index contributed by atoms with van der Waals surface area (Å²) >= 11 is 6.02. The van der Waals surface area contributed by atoms with E-state index in [0.717, 1.165) is 50.5 Å². The van der Waals surface area contributed by atoms with E-state index in [1.807, 2.05) is 0 Å². The Morgan fingerprint density at radius 1 is 1.18 bits per heavy atom. The van der Waals surface area contributed by atoms with E-state index < -0.39 is 0 Å². The maximum Gasteiger partial charge on any atom is 0.224 e. The number of fused-ring (bicyclic) bond motifs is 1. The summed E-state index contributed by atoms with van der Waals surface area (Å²) in [5.41, 5.74) is 2.38. The Balaban J connectivity index is 2.46. The Kier molecular flexibility index (Phi) is 4.18. The minimum atomic E-state index is 0.368. The molecule has 0 spiro atoms. The van der Waals surface area contributed by atoms with Crippen LogP contribution in [0.4, 0.5) is 5.82 Å². The molecule has 0 fully saturated rings. The van der Waals surface area contributed by atoms with E-state index in [2.05, 4.69) is 34.0 Å². The third-order valence-corrected chi connectivity index (χ3v) is 3.37. The minimum absolute atomic E-state index is 0.368. The van der Waals surface area contributed by atoms with Gasteiger partial charge < -0.3 is 10.2 Å². The van der Waals surface area contributed by atoms with Gasteiger partial charge >= 0.3 is 0 Å². The lowest BCUT2D eigenvalue weighted by Crippen LogP contribution is -2.25. The average Bonchev–Trinajstić information content (AvgIpc) is 2.55. The highest BCUT2D eigenvalue weighted by Crippen LogP contribution is 2.24. The largest absolute Gasteiger partial charge is 0.357 e. The summed E-state index contributed by atoms with van der Waals surface area (Å²) in [5.74, 6) is 1.02. The summed E-state index contributed by atoms with van der Waals surface area (Å²) in [6.45, 7) is 8.14. The van der Waals surface area contributed by atoms with E-state index in [-0.39, 0.29) is 0 Å². The van der Waals surface area contributed by atoms with Crippen LogP contribution in [-0.4, -0.2) is 36.1 Å². The van der Waals surface area contributed by atoms with Crippen molar-refractivity contribution in [2.45, 2.75) is 26.7 Å². The van der Waals surface area contributed by atoms with Gasteiger partial charge in [0.1, 0.15) is 5.82 Å². The molecule has 0 saturated heterocycles. The molecule has 17 heavy (non-hydrogen) atoms. The van der Waals surface area contributed by atoms with Gasteiger partial charge in [0, 0.05) is 31.6 Å². The predicted octanol–water partition coefficient (Wildman–Crippen LogP) is 1.66. The van der Waals surface area contributed by atoms with Crippen molar-refractivity contribution >= 4 is 17.4 Å². The SMILES string of the molecule is CCN(CC)c1nc(Cl)nc2c1CCNCC2. The van der Waals surface area contributed by atoms with Gasteiger partial charge in [-0.2, -0.15) is 0 Å². The molecule has 0 atom stereocenters. The van der Waals surface area contributed by atoms with E-state index in [4.69, 9.17) is 11.6 Å². The van der Waals surface area contributed by atoms with Gasteiger partial charge in [0.05, 0.1) is 5.69 Å². The Morgan fingerprint density at radius 3 is 2.59 bits per heavy atom. The molecule has 0 unspecified atom stereocenters. The zero-order chi connectivity index (χ0) is 12.3. The van der Waals surface area contributed by atoms with Crippen molar-refractivity contribution < 1.29 is 0 Å². The van der Waals surface area contributed by atoms with Crippen LogP contribution < -0.4 is 10.2 Å². The Morgan fingerprint density at radius 2 is 1.88 bits per heavy atom. The molecule has 5 heteroatoms. The van der Waals surface area contributed by atoms with Gasteiger partial charge in [0.15, 0.2) is 0 Å². The Hall–Kier alpha value is -0.870. The van der Waals surface area contributed by atoms with Gasteiger partial charge in [-0.25, -0.2) is 9.97 Å². The van der Waals surface area contributed by atoms with Gasteiger partial charge in [-0.3, -0.25) is 0 Å². The number of hydrogen-bond donors (Lipinski definition) is 1. The van der Waals surface area contributed by atoms with Crippen molar-refractivity contribution in [1.82, 2.24) is 15.3 Å². The maximum absolute atomic E-state index is 6.02. The monoisotopic (exact) mass is 254 g/mol. The molecule has 1 aliphatic heterocycles. The molecule has 2 heterocycles. The second-order valence-corrected chi connectivity index (χ2v) is 4.50. The molecule has 0 saturated carbocycles. The second kappa shape index (κ2) is 5.65. The van der Waals surface area contributed by atoms with Crippen molar-refractivity contribution in [1.29, 1.82) is 0 Å². The summed E-state index contributed by atoms with van der Waals surface area (Å²) < 4.78 is 0. The lowest BCUT2D eigenvalue weighted by atomic mass is 10.1. The first-order chi connectivity index (χ1) is 8.26. The lowest BCUT2D eigenvalue weighted by molar-refractivity contribution is 0.708. The number of hydrogen-bond acceptors (Lipinski definition) is 4. The molecule has 0 aromatic carbocycles. The molecule has 94 valence electrons. The highest BCUT2D eigenvalue weighted by atomic mass is 35.5. The predicted molar refractivity (Wildman–Crippen MR) is 70.9 cm³/mol. The molecule has 0 radical (unpaired) electrons. The smallest absolute Gasteiger partial charge is 0.224 e. The van der Waals surface area contributed by atoms with Crippen molar-refractivity contribution in [2.75, 3.05) is 31.1 Å². The Labute approximate surface area is 107 Å². The fourth-order valence-electron chi connectivity index (χ4n) is 2.28. The van der Waals surface area contributed by atoms with Crippen LogP contribution in [0.2, 0.25) is 5.28 Å². The van der Waals surface area contributed by atoms with Gasteiger partial charge in [-0.05, 0) is 38.4 Å². The van der Waals surface area contributed by atoms with E-state index in [1.165, 1.54) is 5.56 Å². The van der Waals surface area contributed by atoms with Gasteiger partial charge in [0.2, 0.25) is 5.28 Å². The van der Waals surface area contributed by atoms with Crippen molar-refractivity contribution in [2.24, 2.45) is 0 Å². The van der Waals surface area contributed by atoms with Gasteiger partial charge in [-0.1, -0.05) is 0 Å². The summed E-state index contributed by atoms with van der Waals surface area (Å²) in [5, 5.41) is 3.75. The molecule has 1 aliphatic rings. The fourth-order valence-corrected chi connectivity index (χ4v) is 2.46. The fraction of sp³-hybridized carbons (Fsp3) is 0.667. The first-order valence-electron chi connectivity index (χ1n) is 6.27. The number of nitrogens with zero attached hydrogens (tertiary/aromatic N) is 3. The van der Waals surface area contributed by atoms with Crippen LogP contribution in [0.15, 0.2) is 0 Å². The van der Waals surface area contributed by atoms with Crippen molar-refractivity contribution in [3.63, 3.8) is 0 Å². The van der Waals surface area contributed by atoms with Crippen LogP contribution in [0, 0.1) is 0 Å². The van der Waals surface area contributed by atoms with E-state index >= 15 is 0 Å². The molecule has 0 aliphatic carbocycles. The van der Waals surface area contributed by atoms with Gasteiger partial charge in [-0.15, -0.1) is 0 Å². The van der Waals surface area contributed by atoms with Crippen LogP contribution in [0.25, 0.3) is 0 Å². The van der Waals surface area contributed by atoms with Crippen molar-refractivity contribution in [3.8, 4) is 0 Å². The lowest BCUT2D eigenvalue weighted by Gasteiger charge is -2.23. The summed E-state index contributed by atoms with van der Waals surface area (Å²) in [6.07, 6.45) is 1.92. The third-order valence-electron chi connectivity index (χ3n) is 3.20. The van der Waals surface area contributed by atoms with E-state index in [1.54, 1.807) is 0 Å². The van der Waals surface area contributed by atoms with E-state index in [0.29, 0.717) is 5.28 Å². The highest BCUT2D eigenvalue weighted by molar-refractivity contribution is 6.28. The number of nitrogens with one attached hydrogen (secondary N) is 1. The standard InChI is InChI=1S/C12H19ClN4/c1-3-17(4-2)11-9-5-7-14-8-6-10(9)15-12(13)16-11/h14H,3-8H2,1-2H3. The quantitative estimate of drug-likeness (QED) is 0.833. The maximum atomic E-state index is 6.02. The van der Waals surface area contributed by atoms with Crippen LogP contribution >= 0.6 is 11.6 Å². The number of rotatable bonds is 3. The highest BCUT2D eigenvalue weighted by Gasteiger charge is 2.18. The normalized spacial score (nSPS) is 15.2. The third kappa shape index (κ3) is 2.69. The molecule has 0 amide bonds. The molecule has 1 aromatic rings. The molecular weight excluding hydrogens is 236 g/mol. The Bertz CT molecular complexity index is 390. The first-order valence-corrected chi connectivity index (χ1v) is 6.65. The van der Waals surface area contributed by atoms with E-state index in [9.17, 15) is 0 Å². The first kappa shape index (κ1) is 12.6. The van der Waals surface area contributed by atoms with Crippen molar-refractivity contribution in [3.05, 3.63) is 16.5 Å². The average molecular weight is 255 g/mol. The second-order valence-electron chi connectivity index (χ2n) is 4.16. The molecule has 1 aromatic heterocycles. The molecule has 0 bridgehead atoms. The zero-order valence-corrected chi connectivity index (χ0v) is 11.2. The number of anilines is 1. The summed E-state index contributed by atoms with van der Waals surface area (Å²) in [4.78, 5) is 11.0. The van der Waals surface area contributed by atoms with Crippen LogP contribution in [-0.2, 0) is 12.8 Å². The van der Waals surface area contributed by atoms with Gasteiger partial charge in [0.25, 0.3) is 0 Å². The minimum Gasteiger partial charge on any atom is -0.357 e. The number of aromatic nitrogens is 2. The molecular formula is C12H19ClN4. The zero-order valence-electron chi connectivity index (χ0n) is 10.5. The van der Waals surface area contributed by atoms with Crippen LogP contribution in [0.3, 0.4) is 0 Å². The summed E-state index contributed by atoms with van der Waals surface area (Å²) in [6, 6.07) is 0. The molecule has 4 nitrogen and oxygen atoms in total.